The maximum atomic E-state index is 13.1. The molecule has 15 heteroatoms. The second-order valence-corrected chi connectivity index (χ2v) is 14.6. The highest BCUT2D eigenvalue weighted by molar-refractivity contribution is 8.00. The van der Waals surface area contributed by atoms with Crippen molar-refractivity contribution >= 4 is 71.6 Å². The SMILES string of the molecule is O=C1CC(SCCc2ccc(Nc3cccc4cccc(S(=O)(=O)O)c34)cc2)C(=O)N1c1ccc(S(=O)(=O)n2cncn2)cc1. The number of anilines is 3. The first-order valence-corrected chi connectivity index (χ1v) is 17.5. The molecule has 1 saturated heterocycles. The number of aromatic nitrogens is 3. The van der Waals surface area contributed by atoms with Crippen LogP contribution in [-0.4, -0.2) is 58.4 Å². The standard InChI is InChI=1S/C30H25N5O7S3/c36-28-17-26(30(37)35(28)23-11-13-24(14-12-23)44(38,39)34-19-31-18-32-34)43-16-15-20-7-9-22(10-8-20)33-25-5-1-3-21-4-2-6-27(29(21)25)45(40,41)42/h1-14,18-19,26,33H,15-17H2,(H,40,41,42). The lowest BCUT2D eigenvalue weighted by molar-refractivity contribution is -0.121. The Kier molecular flexibility index (Phi) is 8.18. The van der Waals surface area contributed by atoms with Gasteiger partial charge in [0.25, 0.3) is 20.1 Å². The quantitative estimate of drug-likeness (QED) is 0.162. The molecule has 0 aliphatic carbocycles. The molecule has 1 atom stereocenters. The molecule has 2 amide bonds. The van der Waals surface area contributed by atoms with Crippen LogP contribution in [-0.2, 0) is 36.2 Å². The molecule has 1 aliphatic heterocycles. The number of rotatable bonds is 10. The van der Waals surface area contributed by atoms with Gasteiger partial charge >= 0.3 is 0 Å². The molecule has 1 aliphatic rings. The molecule has 1 aromatic heterocycles. The predicted octanol–water partition coefficient (Wildman–Crippen LogP) is 4.27. The van der Waals surface area contributed by atoms with Gasteiger partial charge in [-0.05, 0) is 71.7 Å². The Hall–Kier alpha value is -4.57. The van der Waals surface area contributed by atoms with Crippen LogP contribution in [0.15, 0.2) is 107 Å². The number of amides is 2. The van der Waals surface area contributed by atoms with Crippen LogP contribution in [0.2, 0.25) is 0 Å². The lowest BCUT2D eigenvalue weighted by Gasteiger charge is -2.15. The normalized spacial score (nSPS) is 15.6. The number of aryl methyl sites for hydroxylation is 1. The summed E-state index contributed by atoms with van der Waals surface area (Å²) in [6.45, 7) is 0. The molecule has 6 rings (SSSR count). The summed E-state index contributed by atoms with van der Waals surface area (Å²) >= 11 is 1.38. The minimum absolute atomic E-state index is 0.0436. The molecule has 2 heterocycles. The summed E-state index contributed by atoms with van der Waals surface area (Å²) in [4.78, 5) is 30.4. The van der Waals surface area contributed by atoms with Gasteiger partial charge in [0, 0.05) is 23.2 Å². The van der Waals surface area contributed by atoms with Crippen molar-refractivity contribution in [1.82, 2.24) is 14.2 Å². The molecule has 1 fully saturated rings. The van der Waals surface area contributed by atoms with Crippen molar-refractivity contribution in [3.8, 4) is 0 Å². The molecule has 0 spiro atoms. The highest BCUT2D eigenvalue weighted by Crippen LogP contribution is 2.33. The molecule has 4 aromatic carbocycles. The van der Waals surface area contributed by atoms with Crippen molar-refractivity contribution in [2.75, 3.05) is 16.0 Å². The van der Waals surface area contributed by atoms with Crippen molar-refractivity contribution in [3.05, 3.63) is 103 Å². The van der Waals surface area contributed by atoms with Gasteiger partial charge in [-0.2, -0.15) is 16.8 Å². The highest BCUT2D eigenvalue weighted by atomic mass is 32.2. The van der Waals surface area contributed by atoms with Crippen LogP contribution >= 0.6 is 11.8 Å². The van der Waals surface area contributed by atoms with E-state index >= 15 is 0 Å². The van der Waals surface area contributed by atoms with E-state index in [9.17, 15) is 31.0 Å². The number of carbonyl (C=O) groups excluding carboxylic acids is 2. The van der Waals surface area contributed by atoms with E-state index < -0.39 is 25.4 Å². The van der Waals surface area contributed by atoms with E-state index in [1.807, 2.05) is 24.3 Å². The van der Waals surface area contributed by atoms with Gasteiger partial charge in [-0.3, -0.25) is 14.1 Å². The van der Waals surface area contributed by atoms with Gasteiger partial charge in [0.1, 0.15) is 17.6 Å². The zero-order valence-electron chi connectivity index (χ0n) is 23.3. The third kappa shape index (κ3) is 6.20. The van der Waals surface area contributed by atoms with Crippen molar-refractivity contribution in [3.63, 3.8) is 0 Å². The third-order valence-corrected chi connectivity index (χ3v) is 10.9. The van der Waals surface area contributed by atoms with Crippen LogP contribution < -0.4 is 10.2 Å². The van der Waals surface area contributed by atoms with Gasteiger partial charge in [-0.1, -0.05) is 36.4 Å². The summed E-state index contributed by atoms with van der Waals surface area (Å²) in [5.41, 5.74) is 2.55. The van der Waals surface area contributed by atoms with E-state index in [0.717, 1.165) is 32.9 Å². The van der Waals surface area contributed by atoms with Crippen LogP contribution in [0.1, 0.15) is 12.0 Å². The number of imide groups is 1. The predicted molar refractivity (Wildman–Crippen MR) is 170 cm³/mol. The topological polar surface area (TPSA) is 169 Å². The van der Waals surface area contributed by atoms with Crippen LogP contribution in [0.4, 0.5) is 17.1 Å². The maximum absolute atomic E-state index is 13.1. The Morgan fingerprint density at radius 1 is 0.911 bits per heavy atom. The third-order valence-electron chi connectivity index (χ3n) is 7.23. The van der Waals surface area contributed by atoms with E-state index in [2.05, 4.69) is 15.4 Å². The van der Waals surface area contributed by atoms with Gasteiger partial charge in [0.2, 0.25) is 11.8 Å². The fraction of sp³-hybridized carbons (Fsp3) is 0.133. The zero-order valence-corrected chi connectivity index (χ0v) is 25.8. The van der Waals surface area contributed by atoms with Crippen LogP contribution in [0.3, 0.4) is 0 Å². The summed E-state index contributed by atoms with van der Waals surface area (Å²) in [5.74, 6) is -0.123. The highest BCUT2D eigenvalue weighted by Gasteiger charge is 2.39. The van der Waals surface area contributed by atoms with Gasteiger partial charge in [0.05, 0.1) is 15.8 Å². The fourth-order valence-corrected chi connectivity index (χ4v) is 7.98. The molecule has 12 nitrogen and oxygen atoms in total. The molecule has 5 aromatic rings. The Morgan fingerprint density at radius 3 is 2.29 bits per heavy atom. The van der Waals surface area contributed by atoms with Gasteiger partial charge in [-0.15, -0.1) is 20.9 Å². The number of nitrogens with one attached hydrogen (secondary N) is 1. The molecule has 0 bridgehead atoms. The number of thioether (sulfide) groups is 1. The van der Waals surface area contributed by atoms with Gasteiger partial charge in [-0.25, -0.2) is 9.88 Å². The van der Waals surface area contributed by atoms with Crippen LogP contribution in [0.5, 0.6) is 0 Å². The van der Waals surface area contributed by atoms with Crippen molar-refractivity contribution in [2.24, 2.45) is 0 Å². The van der Waals surface area contributed by atoms with Crippen molar-refractivity contribution in [1.29, 1.82) is 0 Å². The molecule has 0 radical (unpaired) electrons. The molecular weight excluding hydrogens is 639 g/mol. The number of hydrogen-bond donors (Lipinski definition) is 2. The smallest absolute Gasteiger partial charge is 0.295 e. The summed E-state index contributed by atoms with van der Waals surface area (Å²) in [7, 11) is -8.36. The minimum atomic E-state index is -4.43. The van der Waals surface area contributed by atoms with Crippen LogP contribution in [0.25, 0.3) is 10.8 Å². The average molecular weight is 664 g/mol. The average Bonchev–Trinajstić information content (AvgIpc) is 3.66. The summed E-state index contributed by atoms with van der Waals surface area (Å²) in [6.07, 6.45) is 2.86. The Labute approximate surface area is 262 Å². The summed E-state index contributed by atoms with van der Waals surface area (Å²) in [5, 5.41) is 7.38. The van der Waals surface area contributed by atoms with E-state index in [1.54, 1.807) is 30.3 Å². The lowest BCUT2D eigenvalue weighted by Crippen LogP contribution is -2.31. The molecule has 45 heavy (non-hydrogen) atoms. The van der Waals surface area contributed by atoms with Gasteiger partial charge in [0.15, 0.2) is 0 Å². The molecule has 230 valence electrons. The number of benzene rings is 4. The zero-order chi connectivity index (χ0) is 31.8. The van der Waals surface area contributed by atoms with E-state index in [0.29, 0.717) is 34.3 Å². The lowest BCUT2D eigenvalue weighted by atomic mass is 10.1. The van der Waals surface area contributed by atoms with Crippen molar-refractivity contribution < 1.29 is 31.0 Å². The minimum Gasteiger partial charge on any atom is -0.355 e. The first-order chi connectivity index (χ1) is 21.5. The molecule has 2 N–H and O–H groups in total. The maximum Gasteiger partial charge on any atom is 0.295 e. The van der Waals surface area contributed by atoms with E-state index in [1.165, 1.54) is 42.1 Å². The first kappa shape index (κ1) is 30.5. The summed E-state index contributed by atoms with van der Waals surface area (Å²) in [6, 6.07) is 23.0. The molecule has 0 saturated carbocycles. The largest absolute Gasteiger partial charge is 0.355 e. The van der Waals surface area contributed by atoms with E-state index in [4.69, 9.17) is 0 Å². The number of fused-ring (bicyclic) bond motifs is 1. The van der Waals surface area contributed by atoms with Crippen LogP contribution in [0, 0.1) is 0 Å². The molecular formula is C30H25N5O7S3. The van der Waals surface area contributed by atoms with Crippen molar-refractivity contribution in [2.45, 2.75) is 27.9 Å². The summed E-state index contributed by atoms with van der Waals surface area (Å²) < 4.78 is 59.6. The second-order valence-electron chi connectivity index (χ2n) is 10.1. The second kappa shape index (κ2) is 12.1. The number of carbonyl (C=O) groups is 2. The monoisotopic (exact) mass is 663 g/mol. The Morgan fingerprint density at radius 2 is 1.62 bits per heavy atom. The van der Waals surface area contributed by atoms with Gasteiger partial charge < -0.3 is 5.32 Å². The number of nitrogens with zero attached hydrogens (tertiary/aromatic N) is 4. The molecule has 1 unspecified atom stereocenters. The first-order valence-electron chi connectivity index (χ1n) is 13.6. The Bertz CT molecular complexity index is 2110. The fourth-order valence-electron chi connectivity index (χ4n) is 5.06. The number of hydrogen-bond acceptors (Lipinski definition) is 10. The Balaban J connectivity index is 1.07. The van der Waals surface area contributed by atoms with E-state index in [-0.39, 0.29) is 28.0 Å².